The second-order valence-corrected chi connectivity index (χ2v) is 3.58. The molecular weight excluding hydrogens is 220 g/mol. The van der Waals surface area contributed by atoms with Crippen LogP contribution in [0.3, 0.4) is 0 Å². The lowest BCUT2D eigenvalue weighted by Gasteiger charge is -2.27. The van der Waals surface area contributed by atoms with Crippen LogP contribution in [0.15, 0.2) is 22.8 Å². The highest BCUT2D eigenvalue weighted by atomic mass is 79.9. The van der Waals surface area contributed by atoms with Crippen LogP contribution in [-0.4, -0.2) is 17.8 Å². The van der Waals surface area contributed by atoms with E-state index < -0.39 is 0 Å². The van der Waals surface area contributed by atoms with Gasteiger partial charge in [-0.15, -0.1) is 0 Å². The van der Waals surface area contributed by atoms with Gasteiger partial charge in [0.2, 0.25) is 5.88 Å². The first-order chi connectivity index (χ1) is 5.84. The van der Waals surface area contributed by atoms with Crippen molar-refractivity contribution in [3.8, 4) is 5.88 Å². The molecule has 1 atom stereocenters. The van der Waals surface area contributed by atoms with Crippen LogP contribution < -0.4 is 10.1 Å². The molecule has 2 heterocycles. The molecule has 3 nitrogen and oxygen atoms in total. The third kappa shape index (κ3) is 1.76. The lowest BCUT2D eigenvalue weighted by atomic mass is 10.2. The summed E-state index contributed by atoms with van der Waals surface area (Å²) in [6.45, 7) is 1.04. The Bertz CT molecular complexity index is 258. The van der Waals surface area contributed by atoms with Crippen molar-refractivity contribution in [1.82, 2.24) is 10.3 Å². The van der Waals surface area contributed by atoms with Gasteiger partial charge in [0.25, 0.3) is 0 Å². The molecule has 1 fully saturated rings. The lowest BCUT2D eigenvalue weighted by molar-refractivity contribution is 0.0935. The van der Waals surface area contributed by atoms with Gasteiger partial charge in [0.1, 0.15) is 0 Å². The van der Waals surface area contributed by atoms with Crippen molar-refractivity contribution in [1.29, 1.82) is 0 Å². The Morgan fingerprint density at radius 3 is 2.92 bits per heavy atom. The van der Waals surface area contributed by atoms with Gasteiger partial charge in [-0.05, 0) is 22.0 Å². The minimum atomic E-state index is 0.165. The van der Waals surface area contributed by atoms with Crippen LogP contribution in [0.1, 0.15) is 6.42 Å². The molecule has 1 unspecified atom stereocenters. The second kappa shape index (κ2) is 3.41. The molecule has 0 aliphatic carbocycles. The van der Waals surface area contributed by atoms with Gasteiger partial charge in [-0.2, -0.15) is 0 Å². The summed E-state index contributed by atoms with van der Waals surface area (Å²) in [6.07, 6.45) is 2.96. The van der Waals surface area contributed by atoms with E-state index in [2.05, 4.69) is 26.2 Å². The average molecular weight is 229 g/mol. The van der Waals surface area contributed by atoms with Crippen LogP contribution in [0.4, 0.5) is 0 Å². The minimum absolute atomic E-state index is 0.165. The Morgan fingerprint density at radius 2 is 2.42 bits per heavy atom. The highest BCUT2D eigenvalue weighted by molar-refractivity contribution is 9.10. The highest BCUT2D eigenvalue weighted by Gasteiger charge is 2.17. The summed E-state index contributed by atoms with van der Waals surface area (Å²) in [5.41, 5.74) is 0. The third-order valence-electron chi connectivity index (χ3n) is 1.74. The van der Waals surface area contributed by atoms with Crippen LogP contribution >= 0.6 is 15.9 Å². The maximum absolute atomic E-state index is 5.46. The van der Waals surface area contributed by atoms with Crippen LogP contribution in [0.5, 0.6) is 5.88 Å². The molecule has 0 radical (unpaired) electrons. The van der Waals surface area contributed by atoms with Gasteiger partial charge < -0.3 is 4.74 Å². The van der Waals surface area contributed by atoms with Crippen LogP contribution in [0, 0.1) is 0 Å². The van der Waals surface area contributed by atoms with E-state index in [9.17, 15) is 0 Å². The normalized spacial score (nSPS) is 21.6. The summed E-state index contributed by atoms with van der Waals surface area (Å²) in [7, 11) is 0. The van der Waals surface area contributed by atoms with Crippen LogP contribution in [0.2, 0.25) is 0 Å². The van der Waals surface area contributed by atoms with Gasteiger partial charge in [0.15, 0.2) is 6.23 Å². The first-order valence-corrected chi connectivity index (χ1v) is 4.65. The number of rotatable bonds is 2. The third-order valence-corrected chi connectivity index (χ3v) is 2.21. The van der Waals surface area contributed by atoms with Crippen molar-refractivity contribution in [2.24, 2.45) is 0 Å². The number of pyridine rings is 1. The molecule has 12 heavy (non-hydrogen) atoms. The number of halogens is 1. The Morgan fingerprint density at radius 1 is 1.58 bits per heavy atom. The number of hydrogen-bond donors (Lipinski definition) is 1. The predicted octanol–water partition coefficient (Wildman–Crippen LogP) is 1.54. The van der Waals surface area contributed by atoms with E-state index >= 15 is 0 Å². The van der Waals surface area contributed by atoms with E-state index in [0.29, 0.717) is 5.88 Å². The zero-order valence-corrected chi connectivity index (χ0v) is 8.04. The van der Waals surface area contributed by atoms with E-state index in [1.165, 1.54) is 0 Å². The molecule has 4 heteroatoms. The lowest BCUT2D eigenvalue weighted by Crippen LogP contribution is -2.47. The number of nitrogens with zero attached hydrogens (tertiary/aromatic N) is 1. The first kappa shape index (κ1) is 8.01. The molecule has 1 saturated heterocycles. The van der Waals surface area contributed by atoms with Gasteiger partial charge in [-0.25, -0.2) is 4.98 Å². The summed E-state index contributed by atoms with van der Waals surface area (Å²) in [5.74, 6) is 0.676. The van der Waals surface area contributed by atoms with Crippen molar-refractivity contribution < 1.29 is 4.74 Å². The zero-order valence-electron chi connectivity index (χ0n) is 6.46. The summed E-state index contributed by atoms with van der Waals surface area (Å²) in [6, 6.07) is 3.77. The fraction of sp³-hybridized carbons (Fsp3) is 0.375. The van der Waals surface area contributed by atoms with Crippen LogP contribution in [-0.2, 0) is 0 Å². The molecule has 0 aromatic carbocycles. The van der Waals surface area contributed by atoms with Crippen molar-refractivity contribution in [3.63, 3.8) is 0 Å². The fourth-order valence-electron chi connectivity index (χ4n) is 0.940. The summed E-state index contributed by atoms with van der Waals surface area (Å²) < 4.78 is 6.43. The zero-order chi connectivity index (χ0) is 8.39. The summed E-state index contributed by atoms with van der Waals surface area (Å²) >= 11 is 3.31. The monoisotopic (exact) mass is 228 g/mol. The van der Waals surface area contributed by atoms with E-state index in [1.54, 1.807) is 6.20 Å². The van der Waals surface area contributed by atoms with E-state index in [1.807, 2.05) is 12.1 Å². The maximum atomic E-state index is 5.46. The standard InChI is InChI=1S/C8H9BrN2O/c9-6-1-2-7(11-5-6)12-8-3-4-10-8/h1-2,5,8,10H,3-4H2. The number of ether oxygens (including phenoxy) is 1. The molecule has 1 aliphatic rings. The molecule has 0 spiro atoms. The Balaban J connectivity index is 1.98. The van der Waals surface area contributed by atoms with Crippen molar-refractivity contribution in [3.05, 3.63) is 22.8 Å². The molecule has 1 aromatic rings. The van der Waals surface area contributed by atoms with Gasteiger partial charge >= 0.3 is 0 Å². The van der Waals surface area contributed by atoms with Gasteiger partial charge in [0, 0.05) is 29.7 Å². The van der Waals surface area contributed by atoms with Gasteiger partial charge in [-0.1, -0.05) is 0 Å². The number of nitrogens with one attached hydrogen (secondary N) is 1. The van der Waals surface area contributed by atoms with E-state index in [0.717, 1.165) is 17.4 Å². The van der Waals surface area contributed by atoms with Crippen molar-refractivity contribution in [2.45, 2.75) is 12.6 Å². The maximum Gasteiger partial charge on any atom is 0.214 e. The molecule has 0 saturated carbocycles. The van der Waals surface area contributed by atoms with E-state index in [-0.39, 0.29) is 6.23 Å². The molecule has 0 amide bonds. The van der Waals surface area contributed by atoms with Gasteiger partial charge in [-0.3, -0.25) is 5.32 Å². The number of aromatic nitrogens is 1. The average Bonchev–Trinajstić information content (AvgIpc) is 2.00. The minimum Gasteiger partial charge on any atom is -0.458 e. The summed E-state index contributed by atoms with van der Waals surface area (Å²) in [4.78, 5) is 4.09. The van der Waals surface area contributed by atoms with Gasteiger partial charge in [0.05, 0.1) is 0 Å². The molecule has 1 aliphatic heterocycles. The molecule has 0 bridgehead atoms. The highest BCUT2D eigenvalue weighted by Crippen LogP contribution is 2.15. The predicted molar refractivity (Wildman–Crippen MR) is 49.0 cm³/mol. The molecule has 2 rings (SSSR count). The van der Waals surface area contributed by atoms with Crippen LogP contribution in [0.25, 0.3) is 0 Å². The Kier molecular flexibility index (Phi) is 2.28. The largest absolute Gasteiger partial charge is 0.458 e. The molecular formula is C8H9BrN2O. The quantitative estimate of drug-likeness (QED) is 0.835. The molecule has 1 N–H and O–H groups in total. The Labute approximate surface area is 79.3 Å². The summed E-state index contributed by atoms with van der Waals surface area (Å²) in [5, 5.41) is 3.13. The second-order valence-electron chi connectivity index (χ2n) is 2.66. The first-order valence-electron chi connectivity index (χ1n) is 3.86. The number of hydrogen-bond acceptors (Lipinski definition) is 3. The molecule has 1 aromatic heterocycles. The Hall–Kier alpha value is -0.610. The fourth-order valence-corrected chi connectivity index (χ4v) is 1.18. The van der Waals surface area contributed by atoms with Crippen molar-refractivity contribution in [2.75, 3.05) is 6.54 Å². The smallest absolute Gasteiger partial charge is 0.214 e. The van der Waals surface area contributed by atoms with Crippen molar-refractivity contribution >= 4 is 15.9 Å². The SMILES string of the molecule is Brc1ccc(OC2CCN2)nc1. The van der Waals surface area contributed by atoms with E-state index in [4.69, 9.17) is 4.74 Å². The molecule has 64 valence electrons. The topological polar surface area (TPSA) is 34.1 Å².